The second kappa shape index (κ2) is 8.09. The van der Waals surface area contributed by atoms with Crippen molar-refractivity contribution < 1.29 is 22.7 Å². The summed E-state index contributed by atoms with van der Waals surface area (Å²) < 4.78 is 42.8. The highest BCUT2D eigenvalue weighted by molar-refractivity contribution is 6.33. The number of nitrogens with one attached hydrogen (secondary N) is 2. The molecule has 1 aromatic carbocycles. The maximum atomic E-state index is 12.6. The van der Waals surface area contributed by atoms with Crippen LogP contribution in [-0.2, 0) is 6.18 Å². The van der Waals surface area contributed by atoms with Crippen LogP contribution in [0, 0.1) is 0 Å². The fourth-order valence-corrected chi connectivity index (χ4v) is 2.13. The number of hydrogen-bond acceptors (Lipinski definition) is 6. The Morgan fingerprint density at radius 1 is 1.35 bits per heavy atom. The van der Waals surface area contributed by atoms with Crippen LogP contribution in [0.1, 0.15) is 16.1 Å². The van der Waals surface area contributed by atoms with Gasteiger partial charge in [-0.05, 0) is 12.1 Å². The summed E-state index contributed by atoms with van der Waals surface area (Å²) in [7, 11) is 1.38. The maximum Gasteiger partial charge on any atom is 0.433 e. The highest BCUT2D eigenvalue weighted by atomic mass is 35.5. The van der Waals surface area contributed by atoms with Gasteiger partial charge in [0.05, 0.1) is 23.4 Å². The second-order valence-corrected chi connectivity index (χ2v) is 5.43. The topological polar surface area (TPSA) is 102 Å². The molecule has 0 spiro atoms. The van der Waals surface area contributed by atoms with E-state index in [1.807, 2.05) is 0 Å². The van der Waals surface area contributed by atoms with Gasteiger partial charge in [-0.1, -0.05) is 11.6 Å². The molecule has 0 radical (unpaired) electrons. The number of anilines is 2. The van der Waals surface area contributed by atoms with Gasteiger partial charge in [0.25, 0.3) is 5.91 Å². The van der Waals surface area contributed by atoms with Crippen LogP contribution < -0.4 is 21.1 Å². The van der Waals surface area contributed by atoms with Gasteiger partial charge in [-0.15, -0.1) is 0 Å². The predicted octanol–water partition coefficient (Wildman–Crippen LogP) is 2.58. The molecule has 1 heterocycles. The molecule has 0 saturated heterocycles. The number of rotatable bonds is 6. The van der Waals surface area contributed by atoms with E-state index in [9.17, 15) is 18.0 Å². The molecular weight excluding hydrogens is 375 g/mol. The number of nitrogens with zero attached hydrogens (tertiary/aromatic N) is 2. The third kappa shape index (κ3) is 4.88. The first-order valence-corrected chi connectivity index (χ1v) is 7.65. The van der Waals surface area contributed by atoms with Crippen molar-refractivity contribution >= 4 is 29.1 Å². The Bertz CT molecular complexity index is 801. The highest BCUT2D eigenvalue weighted by Crippen LogP contribution is 2.29. The number of amides is 1. The summed E-state index contributed by atoms with van der Waals surface area (Å²) in [5.41, 5.74) is 5.04. The van der Waals surface area contributed by atoms with Crippen molar-refractivity contribution in [3.05, 3.63) is 40.7 Å². The highest BCUT2D eigenvalue weighted by Gasteiger charge is 2.32. The number of nitrogens with two attached hydrogens (primary N) is 1. The van der Waals surface area contributed by atoms with E-state index >= 15 is 0 Å². The molecule has 1 aromatic heterocycles. The fourth-order valence-electron chi connectivity index (χ4n) is 1.96. The molecule has 0 atom stereocenters. The van der Waals surface area contributed by atoms with Crippen molar-refractivity contribution in [1.29, 1.82) is 0 Å². The number of benzene rings is 1. The average molecular weight is 390 g/mol. The van der Waals surface area contributed by atoms with Crippen LogP contribution >= 0.6 is 11.6 Å². The van der Waals surface area contributed by atoms with Crippen molar-refractivity contribution in [2.45, 2.75) is 6.18 Å². The lowest BCUT2D eigenvalue weighted by molar-refractivity contribution is -0.141. The van der Waals surface area contributed by atoms with Crippen molar-refractivity contribution in [3.8, 4) is 5.75 Å². The first-order valence-electron chi connectivity index (χ1n) is 7.27. The van der Waals surface area contributed by atoms with Gasteiger partial charge in [-0.25, -0.2) is 9.97 Å². The minimum absolute atomic E-state index is 0.101. The Balaban J connectivity index is 1.93. The largest absolute Gasteiger partial charge is 0.496 e. The number of hydrogen-bond donors (Lipinski definition) is 3. The van der Waals surface area contributed by atoms with Crippen molar-refractivity contribution in [3.63, 3.8) is 0 Å². The molecule has 140 valence electrons. The van der Waals surface area contributed by atoms with Crippen molar-refractivity contribution in [2.75, 3.05) is 31.2 Å². The molecule has 7 nitrogen and oxygen atoms in total. The summed E-state index contributed by atoms with van der Waals surface area (Å²) in [6.07, 6.45) is -3.56. The van der Waals surface area contributed by atoms with Gasteiger partial charge in [0.1, 0.15) is 11.4 Å². The quantitative estimate of drug-likeness (QED) is 0.518. The van der Waals surface area contributed by atoms with Gasteiger partial charge >= 0.3 is 6.18 Å². The normalized spacial score (nSPS) is 11.1. The molecule has 2 rings (SSSR count). The lowest BCUT2D eigenvalue weighted by atomic mass is 10.1. The van der Waals surface area contributed by atoms with Gasteiger partial charge in [-0.2, -0.15) is 13.2 Å². The number of aromatic nitrogens is 2. The van der Waals surface area contributed by atoms with Crippen LogP contribution in [-0.4, -0.2) is 36.1 Å². The molecular formula is C15H15ClF3N5O2. The Labute approximate surface area is 151 Å². The van der Waals surface area contributed by atoms with Gasteiger partial charge < -0.3 is 21.1 Å². The Morgan fingerprint density at radius 3 is 2.73 bits per heavy atom. The second-order valence-electron chi connectivity index (χ2n) is 5.02. The fraction of sp³-hybridized carbons (Fsp3) is 0.267. The molecule has 26 heavy (non-hydrogen) atoms. The number of nitrogen functional groups attached to an aromatic ring is 1. The number of halogens is 4. The summed E-state index contributed by atoms with van der Waals surface area (Å²) >= 11 is 5.90. The molecule has 0 aliphatic heterocycles. The minimum Gasteiger partial charge on any atom is -0.496 e. The van der Waals surface area contributed by atoms with E-state index in [-0.39, 0.29) is 41.1 Å². The molecule has 0 fully saturated rings. The minimum atomic E-state index is -4.56. The molecule has 11 heteroatoms. The number of carbonyl (C=O) groups excluding carboxylic acids is 1. The van der Waals surface area contributed by atoms with E-state index in [1.165, 1.54) is 19.2 Å². The summed E-state index contributed by atoms with van der Waals surface area (Å²) in [5, 5.41) is 5.38. The Kier molecular flexibility index (Phi) is 6.09. The number of ether oxygens (including phenoxy) is 1. The molecule has 0 aliphatic rings. The zero-order valence-corrected chi connectivity index (χ0v) is 14.3. The Morgan fingerprint density at radius 2 is 2.08 bits per heavy atom. The van der Waals surface area contributed by atoms with Crippen LogP contribution in [0.3, 0.4) is 0 Å². The third-order valence-corrected chi connectivity index (χ3v) is 3.53. The molecule has 0 saturated carbocycles. The lowest BCUT2D eigenvalue weighted by Gasteiger charge is -2.12. The van der Waals surface area contributed by atoms with Crippen LogP contribution in [0.25, 0.3) is 0 Å². The zero-order chi connectivity index (χ0) is 19.3. The maximum absolute atomic E-state index is 12.6. The SMILES string of the molecule is COc1cc(N)c(Cl)cc1C(=O)NCCNc1nccc(C(F)(F)F)n1. The van der Waals surface area contributed by atoms with E-state index in [0.717, 1.165) is 12.3 Å². The summed E-state index contributed by atoms with van der Waals surface area (Å²) in [6.45, 7) is 0.210. The van der Waals surface area contributed by atoms with E-state index in [4.69, 9.17) is 22.1 Å². The van der Waals surface area contributed by atoms with Crippen LogP contribution in [0.15, 0.2) is 24.4 Å². The number of carbonyl (C=O) groups is 1. The predicted molar refractivity (Wildman–Crippen MR) is 90.3 cm³/mol. The summed E-state index contributed by atoms with van der Waals surface area (Å²) in [6, 6.07) is 3.56. The number of methoxy groups -OCH3 is 1. The van der Waals surface area contributed by atoms with Gasteiger partial charge in [0.2, 0.25) is 5.95 Å². The molecule has 1 amide bonds. The first-order chi connectivity index (χ1) is 12.2. The lowest BCUT2D eigenvalue weighted by Crippen LogP contribution is -2.29. The molecule has 4 N–H and O–H groups in total. The van der Waals surface area contributed by atoms with Crippen LogP contribution in [0.4, 0.5) is 24.8 Å². The standard InChI is InChI=1S/C15H15ClF3N5O2/c1-26-11-7-10(20)9(16)6-8(11)13(25)21-4-5-23-14-22-3-2-12(24-14)15(17,18)19/h2-3,6-7H,4-5,20H2,1H3,(H,21,25)(H,22,23,24). The molecule has 0 aliphatic carbocycles. The summed E-state index contributed by atoms with van der Waals surface area (Å²) in [5.74, 6) is -0.420. The van der Waals surface area contributed by atoms with E-state index in [2.05, 4.69) is 20.6 Å². The van der Waals surface area contributed by atoms with E-state index in [0.29, 0.717) is 0 Å². The first kappa shape index (κ1) is 19.6. The van der Waals surface area contributed by atoms with Gasteiger partial charge in [0.15, 0.2) is 0 Å². The molecule has 0 bridgehead atoms. The van der Waals surface area contributed by atoms with E-state index < -0.39 is 17.8 Å². The molecule has 0 unspecified atom stereocenters. The average Bonchev–Trinajstić information content (AvgIpc) is 2.60. The third-order valence-electron chi connectivity index (χ3n) is 3.20. The van der Waals surface area contributed by atoms with Crippen LogP contribution in [0.2, 0.25) is 5.02 Å². The van der Waals surface area contributed by atoms with Crippen LogP contribution in [0.5, 0.6) is 5.75 Å². The van der Waals surface area contributed by atoms with Crippen molar-refractivity contribution in [1.82, 2.24) is 15.3 Å². The summed E-state index contributed by atoms with van der Waals surface area (Å²) in [4.78, 5) is 19.2. The number of alkyl halides is 3. The smallest absolute Gasteiger partial charge is 0.433 e. The molecule has 2 aromatic rings. The Hall–Kier alpha value is -2.75. The van der Waals surface area contributed by atoms with Gasteiger partial charge in [-0.3, -0.25) is 4.79 Å². The zero-order valence-electron chi connectivity index (χ0n) is 13.5. The van der Waals surface area contributed by atoms with Gasteiger partial charge in [0, 0.05) is 25.4 Å². The van der Waals surface area contributed by atoms with Crippen molar-refractivity contribution in [2.24, 2.45) is 0 Å². The monoisotopic (exact) mass is 389 g/mol. The van der Waals surface area contributed by atoms with E-state index in [1.54, 1.807) is 0 Å².